The van der Waals surface area contributed by atoms with E-state index >= 15 is 0 Å². The molecule has 0 spiro atoms. The number of ether oxygens (including phenoxy) is 1. The lowest BCUT2D eigenvalue weighted by molar-refractivity contribution is -0.136. The molecule has 0 saturated carbocycles. The molecule has 22 heavy (non-hydrogen) atoms. The highest BCUT2D eigenvalue weighted by Gasteiger charge is 2.25. The van der Waals surface area contributed by atoms with Crippen molar-refractivity contribution in [2.24, 2.45) is 5.92 Å². The molecule has 0 aromatic carbocycles. The van der Waals surface area contributed by atoms with Crippen LogP contribution in [0.15, 0.2) is 11.1 Å². The maximum absolute atomic E-state index is 11.5. The molecule has 0 aromatic rings. The molecule has 1 fully saturated rings. The van der Waals surface area contributed by atoms with Crippen LogP contribution in [0.5, 0.6) is 0 Å². The van der Waals surface area contributed by atoms with E-state index in [1.807, 2.05) is 6.92 Å². The Bertz CT molecular complexity index is 413. The number of carboxylic acid groups (broad SMARTS) is 2. The van der Waals surface area contributed by atoms with Gasteiger partial charge in [0.25, 0.3) is 0 Å². The smallest absolute Gasteiger partial charge is 0.332 e. The van der Waals surface area contributed by atoms with Crippen LogP contribution in [-0.4, -0.2) is 59.9 Å². The minimum Gasteiger partial charge on any atom is -0.478 e. The summed E-state index contributed by atoms with van der Waals surface area (Å²) in [6.07, 6.45) is 2.82. The topological polar surface area (TPSA) is 87.1 Å². The van der Waals surface area contributed by atoms with E-state index < -0.39 is 11.9 Å². The van der Waals surface area contributed by atoms with E-state index in [1.54, 1.807) is 6.92 Å². The first-order valence-electron chi connectivity index (χ1n) is 7.97. The van der Waals surface area contributed by atoms with E-state index in [0.29, 0.717) is 26.2 Å². The Balaban J connectivity index is 2.84. The van der Waals surface area contributed by atoms with Crippen LogP contribution in [0.2, 0.25) is 0 Å². The lowest BCUT2D eigenvalue weighted by atomic mass is 9.90. The van der Waals surface area contributed by atoms with Crippen LogP contribution in [-0.2, 0) is 14.3 Å². The second-order valence-corrected chi connectivity index (χ2v) is 5.75. The van der Waals surface area contributed by atoms with Crippen molar-refractivity contribution in [3.63, 3.8) is 0 Å². The van der Waals surface area contributed by atoms with Gasteiger partial charge in [0.2, 0.25) is 0 Å². The first kappa shape index (κ1) is 18.6. The second-order valence-electron chi connectivity index (χ2n) is 5.75. The maximum Gasteiger partial charge on any atom is 0.332 e. The number of aliphatic carboxylic acids is 2. The van der Waals surface area contributed by atoms with Crippen LogP contribution >= 0.6 is 0 Å². The molecule has 1 aliphatic heterocycles. The van der Waals surface area contributed by atoms with E-state index in [4.69, 9.17) is 4.74 Å². The normalized spacial score (nSPS) is 18.6. The number of carbonyl (C=O) groups is 2. The summed E-state index contributed by atoms with van der Waals surface area (Å²) in [6, 6.07) is 0. The van der Waals surface area contributed by atoms with Crippen LogP contribution in [0, 0.1) is 5.92 Å². The standard InChI is InChI=1S/C16H27NO5/c1-3-4-5-12(2)14(16(20)21)13(15(18)19)6-7-17-8-10-22-11-9-17/h12H,3-11H2,1-2H3,(H,18,19)(H,20,21)/b14-13+. The predicted octanol–water partition coefficient (Wildman–Crippen LogP) is 2.00. The molecule has 0 amide bonds. The Morgan fingerprint density at radius 1 is 1.18 bits per heavy atom. The molecule has 1 atom stereocenters. The van der Waals surface area contributed by atoms with Gasteiger partial charge in [0.15, 0.2) is 0 Å². The molecule has 2 N–H and O–H groups in total. The van der Waals surface area contributed by atoms with Crippen LogP contribution in [0.1, 0.15) is 39.5 Å². The number of unbranched alkanes of at least 4 members (excludes halogenated alkanes) is 1. The van der Waals surface area contributed by atoms with Crippen molar-refractivity contribution >= 4 is 11.9 Å². The summed E-state index contributed by atoms with van der Waals surface area (Å²) in [5, 5.41) is 18.9. The van der Waals surface area contributed by atoms with Gasteiger partial charge < -0.3 is 14.9 Å². The van der Waals surface area contributed by atoms with Crippen molar-refractivity contribution < 1.29 is 24.5 Å². The molecule has 0 radical (unpaired) electrons. The van der Waals surface area contributed by atoms with Gasteiger partial charge in [-0.25, -0.2) is 9.59 Å². The second kappa shape index (κ2) is 9.58. The molecule has 1 rings (SSSR count). The Kier molecular flexibility index (Phi) is 8.12. The van der Waals surface area contributed by atoms with Crippen molar-refractivity contribution in [3.05, 3.63) is 11.1 Å². The SMILES string of the molecule is CCCCC(C)/C(C(=O)O)=C(/CCN1CCOCC1)C(=O)O. The Morgan fingerprint density at radius 3 is 2.32 bits per heavy atom. The van der Waals surface area contributed by atoms with Crippen LogP contribution in [0.4, 0.5) is 0 Å². The minimum atomic E-state index is -1.12. The van der Waals surface area contributed by atoms with Gasteiger partial charge in [-0.1, -0.05) is 26.7 Å². The van der Waals surface area contributed by atoms with E-state index in [2.05, 4.69) is 4.90 Å². The van der Waals surface area contributed by atoms with Gasteiger partial charge in [-0.2, -0.15) is 0 Å². The zero-order valence-electron chi connectivity index (χ0n) is 13.5. The van der Waals surface area contributed by atoms with Gasteiger partial charge in [0.1, 0.15) is 0 Å². The minimum absolute atomic E-state index is 0.0441. The fourth-order valence-electron chi connectivity index (χ4n) is 2.74. The molecule has 0 bridgehead atoms. The molecule has 6 nitrogen and oxygen atoms in total. The monoisotopic (exact) mass is 313 g/mol. The highest BCUT2D eigenvalue weighted by molar-refractivity contribution is 5.99. The predicted molar refractivity (Wildman–Crippen MR) is 82.9 cm³/mol. The molecule has 1 heterocycles. The first-order chi connectivity index (χ1) is 10.5. The highest BCUT2D eigenvalue weighted by atomic mass is 16.5. The number of carboxylic acids is 2. The molecular formula is C16H27NO5. The number of hydrogen-bond donors (Lipinski definition) is 2. The third kappa shape index (κ3) is 5.77. The highest BCUT2D eigenvalue weighted by Crippen LogP contribution is 2.24. The zero-order valence-corrected chi connectivity index (χ0v) is 13.5. The number of hydrogen-bond acceptors (Lipinski definition) is 4. The Hall–Kier alpha value is -1.40. The molecule has 0 aliphatic carbocycles. The number of rotatable bonds is 9. The summed E-state index contributed by atoms with van der Waals surface area (Å²) in [5.41, 5.74) is 0.108. The van der Waals surface area contributed by atoms with Gasteiger partial charge in [0, 0.05) is 25.2 Å². The third-order valence-corrected chi connectivity index (χ3v) is 4.08. The zero-order chi connectivity index (χ0) is 16.5. The van der Waals surface area contributed by atoms with Gasteiger partial charge in [0.05, 0.1) is 18.8 Å². The van der Waals surface area contributed by atoms with Gasteiger partial charge in [-0.05, 0) is 18.8 Å². The van der Waals surface area contributed by atoms with Crippen LogP contribution in [0.25, 0.3) is 0 Å². The average Bonchev–Trinajstić information content (AvgIpc) is 2.49. The average molecular weight is 313 g/mol. The first-order valence-corrected chi connectivity index (χ1v) is 7.97. The summed E-state index contributed by atoms with van der Waals surface area (Å²) in [6.45, 7) is 7.21. The summed E-state index contributed by atoms with van der Waals surface area (Å²) >= 11 is 0. The molecule has 6 heteroatoms. The van der Waals surface area contributed by atoms with Gasteiger partial charge in [-0.3, -0.25) is 4.90 Å². The molecule has 1 saturated heterocycles. The van der Waals surface area contributed by atoms with E-state index in [-0.39, 0.29) is 23.5 Å². The van der Waals surface area contributed by atoms with Crippen molar-refractivity contribution in [3.8, 4) is 0 Å². The summed E-state index contributed by atoms with van der Waals surface area (Å²) in [4.78, 5) is 25.2. The molecule has 1 unspecified atom stereocenters. The number of nitrogens with zero attached hydrogens (tertiary/aromatic N) is 1. The lowest BCUT2D eigenvalue weighted by Crippen LogP contribution is -2.37. The van der Waals surface area contributed by atoms with Gasteiger partial charge in [-0.15, -0.1) is 0 Å². The third-order valence-electron chi connectivity index (χ3n) is 4.08. The molecule has 126 valence electrons. The molecular weight excluding hydrogens is 286 g/mol. The van der Waals surface area contributed by atoms with Crippen molar-refractivity contribution in [2.75, 3.05) is 32.8 Å². The van der Waals surface area contributed by atoms with Gasteiger partial charge >= 0.3 is 11.9 Å². The molecule has 0 aromatic heterocycles. The van der Waals surface area contributed by atoms with Crippen molar-refractivity contribution in [1.29, 1.82) is 0 Å². The fraction of sp³-hybridized carbons (Fsp3) is 0.750. The quantitative estimate of drug-likeness (QED) is 0.633. The summed E-state index contributed by atoms with van der Waals surface area (Å²) < 4.78 is 5.26. The molecule has 1 aliphatic rings. The van der Waals surface area contributed by atoms with E-state index in [1.165, 1.54) is 0 Å². The number of morpholine rings is 1. The Labute approximate surface area is 131 Å². The fourth-order valence-corrected chi connectivity index (χ4v) is 2.74. The van der Waals surface area contributed by atoms with Crippen molar-refractivity contribution in [2.45, 2.75) is 39.5 Å². The summed E-state index contributed by atoms with van der Waals surface area (Å²) in [7, 11) is 0. The Morgan fingerprint density at radius 2 is 1.82 bits per heavy atom. The largest absolute Gasteiger partial charge is 0.478 e. The summed E-state index contributed by atoms with van der Waals surface area (Å²) in [5.74, 6) is -2.47. The van der Waals surface area contributed by atoms with E-state index in [0.717, 1.165) is 25.9 Å². The van der Waals surface area contributed by atoms with E-state index in [9.17, 15) is 19.8 Å². The maximum atomic E-state index is 11.5. The lowest BCUT2D eigenvalue weighted by Gasteiger charge is -2.27. The van der Waals surface area contributed by atoms with Crippen LogP contribution in [0.3, 0.4) is 0 Å². The van der Waals surface area contributed by atoms with Crippen LogP contribution < -0.4 is 0 Å². The van der Waals surface area contributed by atoms with Crippen molar-refractivity contribution in [1.82, 2.24) is 4.90 Å².